The molecule has 0 aliphatic carbocycles. The van der Waals surface area contributed by atoms with Crippen molar-refractivity contribution in [1.82, 2.24) is 4.98 Å². The molecule has 1 heterocycles. The van der Waals surface area contributed by atoms with Gasteiger partial charge in [-0.3, -0.25) is 4.98 Å². The first-order chi connectivity index (χ1) is 7.02. The third kappa shape index (κ3) is 1.46. The lowest BCUT2D eigenvalue weighted by Crippen LogP contribution is -1.98. The molecule has 0 aliphatic heterocycles. The van der Waals surface area contributed by atoms with Crippen LogP contribution in [0.3, 0.4) is 0 Å². The van der Waals surface area contributed by atoms with Crippen LogP contribution in [0.1, 0.15) is 0 Å². The molecule has 0 spiro atoms. The fourth-order valence-electron chi connectivity index (χ4n) is 1.29. The number of pyridine rings is 1. The molecule has 0 unspecified atom stereocenters. The van der Waals surface area contributed by atoms with E-state index >= 15 is 0 Å². The Labute approximate surface area is 94.8 Å². The van der Waals surface area contributed by atoms with Gasteiger partial charge < -0.3 is 11.5 Å². The summed E-state index contributed by atoms with van der Waals surface area (Å²) in [6.45, 7) is 0. The van der Waals surface area contributed by atoms with Gasteiger partial charge >= 0.3 is 0 Å². The Morgan fingerprint density at radius 3 is 2.60 bits per heavy atom. The molecule has 0 bridgehead atoms. The van der Waals surface area contributed by atoms with Crippen molar-refractivity contribution in [2.75, 3.05) is 11.5 Å². The Kier molecular flexibility index (Phi) is 2.32. The molecule has 0 saturated carbocycles. The van der Waals surface area contributed by atoms with Crippen LogP contribution in [0.5, 0.6) is 0 Å². The summed E-state index contributed by atoms with van der Waals surface area (Å²) in [5.41, 5.74) is 12.1. The van der Waals surface area contributed by atoms with Gasteiger partial charge in [-0.1, -0.05) is 23.2 Å². The van der Waals surface area contributed by atoms with E-state index in [1.807, 2.05) is 0 Å². The Balaban J connectivity index is 3.00. The van der Waals surface area contributed by atoms with Gasteiger partial charge in [0.15, 0.2) is 5.82 Å². The number of nitrogens with zero attached hydrogens (tertiary/aromatic N) is 1. The Hall–Kier alpha value is -1.26. The lowest BCUT2D eigenvalue weighted by Gasteiger charge is -2.07. The first-order valence-corrected chi connectivity index (χ1v) is 4.75. The van der Waals surface area contributed by atoms with E-state index in [4.69, 9.17) is 34.7 Å². The van der Waals surface area contributed by atoms with Crippen LogP contribution in [0.15, 0.2) is 12.3 Å². The second kappa shape index (κ2) is 3.40. The Bertz CT molecular complexity index is 557. The van der Waals surface area contributed by atoms with Crippen LogP contribution in [-0.2, 0) is 0 Å². The van der Waals surface area contributed by atoms with E-state index in [0.29, 0.717) is 10.9 Å². The molecule has 0 saturated heterocycles. The third-order valence-electron chi connectivity index (χ3n) is 2.06. The molecular weight excluding hydrogens is 240 g/mol. The number of hydrogen-bond acceptors (Lipinski definition) is 3. The third-order valence-corrected chi connectivity index (χ3v) is 2.69. The van der Waals surface area contributed by atoms with Crippen molar-refractivity contribution < 1.29 is 4.39 Å². The first-order valence-electron chi connectivity index (χ1n) is 3.99. The van der Waals surface area contributed by atoms with Crippen molar-refractivity contribution in [3.63, 3.8) is 0 Å². The highest BCUT2D eigenvalue weighted by molar-refractivity contribution is 6.39. The zero-order valence-corrected chi connectivity index (χ0v) is 8.90. The molecule has 15 heavy (non-hydrogen) atoms. The number of halogens is 3. The number of benzene rings is 1. The van der Waals surface area contributed by atoms with Crippen molar-refractivity contribution in [2.45, 2.75) is 0 Å². The summed E-state index contributed by atoms with van der Waals surface area (Å²) in [5, 5.41) is 0.0394. The second-order valence-corrected chi connectivity index (χ2v) is 3.79. The van der Waals surface area contributed by atoms with Crippen molar-refractivity contribution >= 4 is 45.5 Å². The zero-order valence-electron chi connectivity index (χ0n) is 7.39. The van der Waals surface area contributed by atoms with Crippen molar-refractivity contribution in [2.24, 2.45) is 0 Å². The molecule has 1 aromatic carbocycles. The molecule has 3 nitrogen and oxygen atoms in total. The van der Waals surface area contributed by atoms with E-state index in [2.05, 4.69) is 4.98 Å². The highest BCUT2D eigenvalue weighted by atomic mass is 35.5. The molecule has 78 valence electrons. The minimum absolute atomic E-state index is 0.0934. The van der Waals surface area contributed by atoms with Gasteiger partial charge in [-0.05, 0) is 6.07 Å². The standard InChI is InChI=1S/C9H6Cl2FN3/c10-3-1-5-6(7(11)8(3)12)9(14)4(13)2-15-5/h1-2H,13H2,(H2,14,15). The number of hydrogen-bond donors (Lipinski definition) is 2. The van der Waals surface area contributed by atoms with E-state index in [1.54, 1.807) is 0 Å². The van der Waals surface area contributed by atoms with Crippen molar-refractivity contribution in [3.05, 3.63) is 28.1 Å². The van der Waals surface area contributed by atoms with Gasteiger partial charge in [0.25, 0.3) is 0 Å². The van der Waals surface area contributed by atoms with Crippen LogP contribution in [0, 0.1) is 5.82 Å². The topological polar surface area (TPSA) is 64.9 Å². The monoisotopic (exact) mass is 245 g/mol. The van der Waals surface area contributed by atoms with Crippen LogP contribution in [-0.4, -0.2) is 4.98 Å². The minimum atomic E-state index is -0.718. The molecule has 0 aliphatic rings. The predicted molar refractivity (Wildman–Crippen MR) is 60.5 cm³/mol. The van der Waals surface area contributed by atoms with E-state index < -0.39 is 5.82 Å². The minimum Gasteiger partial charge on any atom is -0.396 e. The van der Waals surface area contributed by atoms with E-state index in [-0.39, 0.29) is 21.4 Å². The SMILES string of the molecule is Nc1cnc2cc(Cl)c(F)c(Cl)c2c1N. The number of nitrogens with two attached hydrogens (primary N) is 2. The quantitative estimate of drug-likeness (QED) is 0.702. The summed E-state index contributed by atoms with van der Waals surface area (Å²) in [5.74, 6) is -0.718. The Morgan fingerprint density at radius 2 is 1.93 bits per heavy atom. The number of rotatable bonds is 0. The molecular formula is C9H6Cl2FN3. The normalized spacial score (nSPS) is 10.9. The summed E-state index contributed by atoms with van der Waals surface area (Å²) in [4.78, 5) is 3.96. The maximum absolute atomic E-state index is 13.4. The van der Waals surface area contributed by atoms with Crippen LogP contribution in [0.4, 0.5) is 15.8 Å². The first kappa shape index (κ1) is 10.3. The van der Waals surface area contributed by atoms with Gasteiger partial charge in [-0.25, -0.2) is 4.39 Å². The van der Waals surface area contributed by atoms with Gasteiger partial charge in [0.2, 0.25) is 0 Å². The van der Waals surface area contributed by atoms with Gasteiger partial charge in [-0.15, -0.1) is 0 Å². The fraction of sp³-hybridized carbons (Fsp3) is 0. The van der Waals surface area contributed by atoms with Crippen LogP contribution >= 0.6 is 23.2 Å². The van der Waals surface area contributed by atoms with Crippen molar-refractivity contribution in [3.8, 4) is 0 Å². The number of nitrogen functional groups attached to an aromatic ring is 2. The van der Waals surface area contributed by atoms with Gasteiger partial charge in [0, 0.05) is 5.39 Å². The number of fused-ring (bicyclic) bond motifs is 1. The molecule has 1 aromatic heterocycles. The summed E-state index contributed by atoms with van der Waals surface area (Å²) in [6, 6.07) is 1.36. The average molecular weight is 246 g/mol. The van der Waals surface area contributed by atoms with E-state index in [9.17, 15) is 4.39 Å². The molecule has 0 radical (unpaired) electrons. The maximum Gasteiger partial charge on any atom is 0.161 e. The number of aromatic nitrogens is 1. The van der Waals surface area contributed by atoms with Crippen molar-refractivity contribution in [1.29, 1.82) is 0 Å². The lowest BCUT2D eigenvalue weighted by molar-refractivity contribution is 0.630. The fourth-order valence-corrected chi connectivity index (χ4v) is 1.84. The van der Waals surface area contributed by atoms with Crippen LogP contribution in [0.2, 0.25) is 10.0 Å². The predicted octanol–water partition coefficient (Wildman–Crippen LogP) is 2.85. The molecule has 4 N–H and O–H groups in total. The highest BCUT2D eigenvalue weighted by Gasteiger charge is 2.14. The molecule has 0 atom stereocenters. The lowest BCUT2D eigenvalue weighted by atomic mass is 10.1. The molecule has 0 amide bonds. The van der Waals surface area contributed by atoms with Gasteiger partial charge in [-0.2, -0.15) is 0 Å². The highest BCUT2D eigenvalue weighted by Crippen LogP contribution is 2.36. The van der Waals surface area contributed by atoms with Gasteiger partial charge in [0.1, 0.15) is 0 Å². The van der Waals surface area contributed by atoms with E-state index in [0.717, 1.165) is 0 Å². The average Bonchev–Trinajstić information content (AvgIpc) is 2.20. The molecule has 0 fully saturated rings. The number of anilines is 2. The summed E-state index contributed by atoms with van der Waals surface area (Å²) < 4.78 is 13.4. The molecule has 2 aromatic rings. The van der Waals surface area contributed by atoms with Crippen LogP contribution < -0.4 is 11.5 Å². The zero-order chi connectivity index (χ0) is 11.2. The van der Waals surface area contributed by atoms with Gasteiger partial charge in [0.05, 0.1) is 33.1 Å². The maximum atomic E-state index is 13.4. The largest absolute Gasteiger partial charge is 0.396 e. The second-order valence-electron chi connectivity index (χ2n) is 3.01. The van der Waals surface area contributed by atoms with Crippen LogP contribution in [0.25, 0.3) is 10.9 Å². The Morgan fingerprint density at radius 1 is 1.27 bits per heavy atom. The molecule has 6 heteroatoms. The summed E-state index contributed by atoms with van der Waals surface area (Å²) in [7, 11) is 0. The summed E-state index contributed by atoms with van der Waals surface area (Å²) in [6.07, 6.45) is 1.38. The van der Waals surface area contributed by atoms with E-state index in [1.165, 1.54) is 12.3 Å². The molecule has 2 rings (SSSR count). The summed E-state index contributed by atoms with van der Waals surface area (Å²) >= 11 is 11.4. The smallest absolute Gasteiger partial charge is 0.161 e.